The van der Waals surface area contributed by atoms with Gasteiger partial charge in [-0.1, -0.05) is 24.4 Å². The number of hydrogen-bond acceptors (Lipinski definition) is 1. The maximum atomic E-state index is 6.15. The molecule has 0 radical (unpaired) electrons. The van der Waals surface area contributed by atoms with Gasteiger partial charge in [0.15, 0.2) is 0 Å². The Morgan fingerprint density at radius 3 is 2.72 bits per heavy atom. The largest absolute Gasteiger partial charge is 0.358 e. The van der Waals surface area contributed by atoms with Crippen molar-refractivity contribution in [3.05, 3.63) is 34.5 Å². The molecule has 2 aromatic rings. The van der Waals surface area contributed by atoms with Gasteiger partial charge < -0.3 is 10.7 Å². The van der Waals surface area contributed by atoms with Crippen molar-refractivity contribution in [1.29, 1.82) is 0 Å². The lowest BCUT2D eigenvalue weighted by atomic mass is 9.77. The third-order valence-corrected chi connectivity index (χ3v) is 4.66. The van der Waals surface area contributed by atoms with Crippen LogP contribution in [0.4, 0.5) is 0 Å². The number of nitrogens with two attached hydrogens (primary N) is 1. The first-order valence-electron chi connectivity index (χ1n) is 6.65. The molecule has 0 spiro atoms. The van der Waals surface area contributed by atoms with E-state index in [9.17, 15) is 0 Å². The number of fused-ring (bicyclic) bond motifs is 1. The normalized spacial score (nSPS) is 18.6. The molecule has 0 saturated heterocycles. The molecule has 1 aliphatic carbocycles. The Balaban J connectivity index is 2.27. The van der Waals surface area contributed by atoms with Gasteiger partial charge in [0.25, 0.3) is 0 Å². The number of rotatable bonds is 2. The molecule has 2 nitrogen and oxygen atoms in total. The van der Waals surface area contributed by atoms with Crippen molar-refractivity contribution in [3.63, 3.8) is 0 Å². The maximum absolute atomic E-state index is 6.15. The Kier molecular flexibility index (Phi) is 2.87. The van der Waals surface area contributed by atoms with Crippen LogP contribution in [0.2, 0.25) is 5.02 Å². The number of H-pyrrole nitrogens is 1. The molecular formula is C15H19ClN2. The summed E-state index contributed by atoms with van der Waals surface area (Å²) in [6, 6.07) is 6.08. The first-order valence-corrected chi connectivity index (χ1v) is 7.02. The van der Waals surface area contributed by atoms with Crippen LogP contribution in [0, 0.1) is 6.92 Å². The van der Waals surface area contributed by atoms with Gasteiger partial charge in [-0.05, 0) is 43.5 Å². The molecule has 0 unspecified atom stereocenters. The zero-order valence-electron chi connectivity index (χ0n) is 10.7. The molecule has 18 heavy (non-hydrogen) atoms. The van der Waals surface area contributed by atoms with Crippen molar-refractivity contribution < 1.29 is 0 Å². The Morgan fingerprint density at radius 2 is 2.06 bits per heavy atom. The van der Waals surface area contributed by atoms with Crippen molar-refractivity contribution in [2.75, 3.05) is 6.54 Å². The second kappa shape index (κ2) is 4.29. The number of nitrogens with one attached hydrogen (secondary N) is 1. The van der Waals surface area contributed by atoms with Crippen LogP contribution in [0.3, 0.4) is 0 Å². The van der Waals surface area contributed by atoms with Gasteiger partial charge in [0.05, 0.1) is 0 Å². The van der Waals surface area contributed by atoms with Crippen molar-refractivity contribution in [1.82, 2.24) is 4.98 Å². The molecule has 1 aliphatic rings. The monoisotopic (exact) mass is 262 g/mol. The molecule has 0 atom stereocenters. The molecule has 1 aromatic carbocycles. The van der Waals surface area contributed by atoms with E-state index in [1.165, 1.54) is 47.8 Å². The fraction of sp³-hybridized carbons (Fsp3) is 0.467. The Morgan fingerprint density at radius 1 is 1.33 bits per heavy atom. The standard InChI is InChI=1S/C15H19ClN2/c1-10-14(15(9-17)6-2-3-7-15)12-8-11(16)4-5-13(12)18-10/h4-5,8,18H,2-3,6-7,9,17H2,1H3. The first-order chi connectivity index (χ1) is 8.66. The van der Waals surface area contributed by atoms with E-state index < -0.39 is 0 Å². The molecule has 1 aromatic heterocycles. The first kappa shape index (κ1) is 12.1. The van der Waals surface area contributed by atoms with Gasteiger partial charge in [-0.15, -0.1) is 0 Å². The van der Waals surface area contributed by atoms with Crippen molar-refractivity contribution in [2.45, 2.75) is 38.0 Å². The summed E-state index contributed by atoms with van der Waals surface area (Å²) in [6.07, 6.45) is 4.96. The van der Waals surface area contributed by atoms with Gasteiger partial charge in [0.1, 0.15) is 0 Å². The maximum Gasteiger partial charge on any atom is 0.0460 e. The topological polar surface area (TPSA) is 41.8 Å². The molecule has 0 bridgehead atoms. The molecule has 3 N–H and O–H groups in total. The van der Waals surface area contributed by atoms with E-state index in [1.54, 1.807) is 0 Å². The second-order valence-corrected chi connectivity index (χ2v) is 5.94. The molecular weight excluding hydrogens is 244 g/mol. The number of aryl methyl sites for hydroxylation is 1. The van der Waals surface area contributed by atoms with E-state index in [1.807, 2.05) is 6.07 Å². The number of aromatic nitrogens is 1. The smallest absolute Gasteiger partial charge is 0.0460 e. The van der Waals surface area contributed by atoms with Gasteiger partial charge in [-0.3, -0.25) is 0 Å². The average molecular weight is 263 g/mol. The van der Waals surface area contributed by atoms with E-state index >= 15 is 0 Å². The minimum absolute atomic E-state index is 0.160. The third-order valence-electron chi connectivity index (χ3n) is 4.43. The number of hydrogen-bond donors (Lipinski definition) is 2. The lowest BCUT2D eigenvalue weighted by Gasteiger charge is -2.28. The van der Waals surface area contributed by atoms with Gasteiger partial charge in [0, 0.05) is 33.6 Å². The summed E-state index contributed by atoms with van der Waals surface area (Å²) >= 11 is 6.15. The quantitative estimate of drug-likeness (QED) is 0.847. The highest BCUT2D eigenvalue weighted by Crippen LogP contribution is 2.45. The molecule has 0 aliphatic heterocycles. The van der Waals surface area contributed by atoms with Crippen molar-refractivity contribution in [3.8, 4) is 0 Å². The Hall–Kier alpha value is -0.990. The fourth-order valence-corrected chi connectivity index (χ4v) is 3.76. The van der Waals surface area contributed by atoms with Crippen LogP contribution >= 0.6 is 11.6 Å². The van der Waals surface area contributed by atoms with Gasteiger partial charge in [0.2, 0.25) is 0 Å². The molecule has 1 saturated carbocycles. The van der Waals surface area contributed by atoms with E-state index in [0.29, 0.717) is 0 Å². The average Bonchev–Trinajstić information content (AvgIpc) is 2.93. The summed E-state index contributed by atoms with van der Waals surface area (Å²) in [5, 5.41) is 2.06. The van der Waals surface area contributed by atoms with Crippen LogP contribution in [0.25, 0.3) is 10.9 Å². The second-order valence-electron chi connectivity index (χ2n) is 5.51. The highest BCUT2D eigenvalue weighted by Gasteiger charge is 2.37. The minimum atomic E-state index is 0.160. The summed E-state index contributed by atoms with van der Waals surface area (Å²) in [5.41, 5.74) is 10.1. The van der Waals surface area contributed by atoms with Crippen LogP contribution in [0.1, 0.15) is 36.9 Å². The van der Waals surface area contributed by atoms with E-state index in [0.717, 1.165) is 11.6 Å². The lowest BCUT2D eigenvalue weighted by molar-refractivity contribution is 0.454. The van der Waals surface area contributed by atoms with Crippen LogP contribution < -0.4 is 5.73 Å². The zero-order valence-corrected chi connectivity index (χ0v) is 11.5. The predicted octanol–water partition coefficient (Wildman–Crippen LogP) is 3.90. The van der Waals surface area contributed by atoms with Crippen LogP contribution in [-0.4, -0.2) is 11.5 Å². The number of aromatic amines is 1. The van der Waals surface area contributed by atoms with E-state index in [2.05, 4.69) is 24.0 Å². The molecule has 1 heterocycles. The summed E-state index contributed by atoms with van der Waals surface area (Å²) in [6.45, 7) is 2.88. The van der Waals surface area contributed by atoms with Crippen LogP contribution in [-0.2, 0) is 5.41 Å². The summed E-state index contributed by atoms with van der Waals surface area (Å²) in [4.78, 5) is 3.48. The van der Waals surface area contributed by atoms with Gasteiger partial charge >= 0.3 is 0 Å². The molecule has 0 amide bonds. The molecule has 1 fully saturated rings. The lowest BCUT2D eigenvalue weighted by Crippen LogP contribution is -2.32. The Labute approximate surface area is 113 Å². The fourth-order valence-electron chi connectivity index (χ4n) is 3.59. The predicted molar refractivity (Wildman–Crippen MR) is 77.2 cm³/mol. The summed E-state index contributed by atoms with van der Waals surface area (Å²) in [7, 11) is 0. The number of halogens is 1. The Bertz CT molecular complexity index is 579. The zero-order chi connectivity index (χ0) is 12.8. The molecule has 3 heteroatoms. The van der Waals surface area contributed by atoms with Gasteiger partial charge in [-0.2, -0.15) is 0 Å². The molecule has 96 valence electrons. The van der Waals surface area contributed by atoms with Crippen molar-refractivity contribution >= 4 is 22.5 Å². The van der Waals surface area contributed by atoms with Crippen LogP contribution in [0.15, 0.2) is 18.2 Å². The summed E-state index contributed by atoms with van der Waals surface area (Å²) in [5.74, 6) is 0. The van der Waals surface area contributed by atoms with E-state index in [4.69, 9.17) is 17.3 Å². The highest BCUT2D eigenvalue weighted by atomic mass is 35.5. The van der Waals surface area contributed by atoms with Crippen LogP contribution in [0.5, 0.6) is 0 Å². The summed E-state index contributed by atoms with van der Waals surface area (Å²) < 4.78 is 0. The van der Waals surface area contributed by atoms with E-state index in [-0.39, 0.29) is 5.41 Å². The molecule has 3 rings (SSSR count). The SMILES string of the molecule is Cc1[nH]c2ccc(Cl)cc2c1C1(CN)CCCC1. The minimum Gasteiger partial charge on any atom is -0.358 e. The van der Waals surface area contributed by atoms with Gasteiger partial charge in [-0.25, -0.2) is 0 Å². The number of benzene rings is 1. The third kappa shape index (κ3) is 1.67. The highest BCUT2D eigenvalue weighted by molar-refractivity contribution is 6.31. The van der Waals surface area contributed by atoms with Crippen molar-refractivity contribution in [2.24, 2.45) is 5.73 Å².